The summed E-state index contributed by atoms with van der Waals surface area (Å²) >= 11 is 6.39. The van der Waals surface area contributed by atoms with Gasteiger partial charge in [-0.1, -0.05) is 48.0 Å². The summed E-state index contributed by atoms with van der Waals surface area (Å²) in [7, 11) is 0. The van der Waals surface area contributed by atoms with Crippen LogP contribution >= 0.6 is 11.6 Å². The maximum Gasteiger partial charge on any atom is 0.271 e. The van der Waals surface area contributed by atoms with E-state index in [1.807, 2.05) is 43.3 Å². The van der Waals surface area contributed by atoms with Crippen LogP contribution in [-0.4, -0.2) is 21.9 Å². The highest BCUT2D eigenvalue weighted by atomic mass is 35.5. The Morgan fingerprint density at radius 1 is 1.12 bits per heavy atom. The summed E-state index contributed by atoms with van der Waals surface area (Å²) < 4.78 is 1.64. The van der Waals surface area contributed by atoms with Gasteiger partial charge in [-0.2, -0.15) is 10.2 Å². The molecule has 3 rings (SSSR count). The lowest BCUT2D eigenvalue weighted by atomic mass is 10.2. The van der Waals surface area contributed by atoms with Gasteiger partial charge in [-0.15, -0.1) is 0 Å². The number of aryl methyl sites for hydroxylation is 1. The molecule has 0 saturated carbocycles. The highest BCUT2D eigenvalue weighted by molar-refractivity contribution is 6.32. The van der Waals surface area contributed by atoms with Crippen molar-refractivity contribution in [2.75, 3.05) is 0 Å². The van der Waals surface area contributed by atoms with Crippen LogP contribution in [0.5, 0.6) is 0 Å². The van der Waals surface area contributed by atoms with Gasteiger partial charge in [0.25, 0.3) is 5.91 Å². The molecule has 0 unspecified atom stereocenters. The number of amides is 1. The lowest BCUT2D eigenvalue weighted by molar-refractivity contribution is 0.0955. The molecule has 0 fully saturated rings. The average Bonchev–Trinajstić information content (AvgIpc) is 2.91. The highest BCUT2D eigenvalue weighted by Crippen LogP contribution is 2.21. The van der Waals surface area contributed by atoms with Crippen LogP contribution < -0.4 is 5.43 Å². The molecule has 0 aliphatic heterocycles. The van der Waals surface area contributed by atoms with Crippen molar-refractivity contribution < 1.29 is 4.79 Å². The second kappa shape index (κ2) is 7.10. The molecule has 0 saturated heterocycles. The molecule has 1 amide bonds. The summed E-state index contributed by atoms with van der Waals surface area (Å²) in [5, 5.41) is 8.84. The third-order valence-electron chi connectivity index (χ3n) is 3.44. The molecule has 5 nitrogen and oxygen atoms in total. The van der Waals surface area contributed by atoms with E-state index < -0.39 is 0 Å². The number of nitrogens with one attached hydrogen (secondary N) is 1. The Morgan fingerprint density at radius 3 is 2.42 bits per heavy atom. The van der Waals surface area contributed by atoms with Gasteiger partial charge in [0.15, 0.2) is 0 Å². The number of nitrogens with zero attached hydrogens (tertiary/aromatic N) is 3. The van der Waals surface area contributed by atoms with E-state index in [1.54, 1.807) is 28.9 Å². The lowest BCUT2D eigenvalue weighted by Gasteiger charge is -2.02. The number of hydrogen-bond acceptors (Lipinski definition) is 3. The first kappa shape index (κ1) is 16.0. The average molecular weight is 339 g/mol. The molecule has 0 aliphatic rings. The van der Waals surface area contributed by atoms with E-state index in [2.05, 4.69) is 15.6 Å². The van der Waals surface area contributed by atoms with Crippen molar-refractivity contribution >= 4 is 23.7 Å². The molecule has 24 heavy (non-hydrogen) atoms. The largest absolute Gasteiger partial charge is 0.271 e. The van der Waals surface area contributed by atoms with Gasteiger partial charge >= 0.3 is 0 Å². The topological polar surface area (TPSA) is 59.3 Å². The summed E-state index contributed by atoms with van der Waals surface area (Å²) in [4.78, 5) is 12.0. The Hall–Kier alpha value is -2.92. The molecule has 120 valence electrons. The maximum atomic E-state index is 12.0. The van der Waals surface area contributed by atoms with Gasteiger partial charge in [-0.3, -0.25) is 4.79 Å². The third kappa shape index (κ3) is 3.36. The molecule has 0 bridgehead atoms. The van der Waals surface area contributed by atoms with E-state index in [4.69, 9.17) is 11.6 Å². The Labute approximate surface area is 144 Å². The van der Waals surface area contributed by atoms with Crippen LogP contribution in [0.3, 0.4) is 0 Å². The van der Waals surface area contributed by atoms with Crippen molar-refractivity contribution in [1.82, 2.24) is 15.2 Å². The van der Waals surface area contributed by atoms with Crippen LogP contribution in [0.2, 0.25) is 5.15 Å². The van der Waals surface area contributed by atoms with Crippen molar-refractivity contribution in [2.45, 2.75) is 6.92 Å². The Balaban J connectivity index is 1.78. The summed E-state index contributed by atoms with van der Waals surface area (Å²) in [6, 6.07) is 18.5. The number of benzene rings is 2. The molecule has 6 heteroatoms. The predicted molar refractivity (Wildman–Crippen MR) is 94.8 cm³/mol. The van der Waals surface area contributed by atoms with Gasteiger partial charge in [0, 0.05) is 5.56 Å². The molecule has 2 aromatic carbocycles. The van der Waals surface area contributed by atoms with E-state index in [1.165, 1.54) is 6.21 Å². The van der Waals surface area contributed by atoms with Gasteiger partial charge in [0.1, 0.15) is 5.15 Å². The summed E-state index contributed by atoms with van der Waals surface area (Å²) in [6.45, 7) is 1.84. The standard InChI is InChI=1S/C18H15ClN4O/c1-13-16(12-20-21-18(24)14-8-4-2-5-9-14)17(19)23(22-13)15-10-6-3-7-11-15/h2-12H,1H3,(H,21,24)/b20-12+. The van der Waals surface area contributed by atoms with Gasteiger partial charge < -0.3 is 0 Å². The van der Waals surface area contributed by atoms with Crippen LogP contribution in [-0.2, 0) is 0 Å². The second-order valence-corrected chi connectivity index (χ2v) is 5.46. The SMILES string of the molecule is Cc1nn(-c2ccccc2)c(Cl)c1/C=N/NC(=O)c1ccccc1. The van der Waals surface area contributed by atoms with Gasteiger partial charge in [-0.05, 0) is 31.2 Å². The van der Waals surface area contributed by atoms with Crippen molar-refractivity contribution in [3.05, 3.63) is 82.6 Å². The molecule has 1 aromatic heterocycles. The van der Waals surface area contributed by atoms with E-state index in [-0.39, 0.29) is 5.91 Å². The van der Waals surface area contributed by atoms with Crippen molar-refractivity contribution in [2.24, 2.45) is 5.10 Å². The molecule has 0 spiro atoms. The third-order valence-corrected chi connectivity index (χ3v) is 3.81. The molecule has 1 N–H and O–H groups in total. The van der Waals surface area contributed by atoms with Crippen molar-refractivity contribution in [1.29, 1.82) is 0 Å². The van der Waals surface area contributed by atoms with Crippen molar-refractivity contribution in [3.8, 4) is 5.69 Å². The zero-order valence-corrected chi connectivity index (χ0v) is 13.7. The molecule has 0 radical (unpaired) electrons. The fraction of sp³-hybridized carbons (Fsp3) is 0.0556. The lowest BCUT2D eigenvalue weighted by Crippen LogP contribution is -2.17. The quantitative estimate of drug-likeness (QED) is 0.583. The number of para-hydroxylation sites is 1. The molecule has 1 heterocycles. The van der Waals surface area contributed by atoms with Gasteiger partial charge in [-0.25, -0.2) is 10.1 Å². The number of carbonyl (C=O) groups excluding carboxylic acids is 1. The van der Waals surface area contributed by atoms with Crippen LogP contribution in [0.15, 0.2) is 65.8 Å². The number of halogens is 1. The number of aromatic nitrogens is 2. The van der Waals surface area contributed by atoms with Gasteiger partial charge in [0.05, 0.1) is 23.2 Å². The minimum atomic E-state index is -0.281. The maximum absolute atomic E-state index is 12.0. The second-order valence-electron chi connectivity index (χ2n) is 5.10. The van der Waals surface area contributed by atoms with E-state index in [9.17, 15) is 4.79 Å². The molecule has 0 aliphatic carbocycles. The van der Waals surface area contributed by atoms with Crippen molar-refractivity contribution in [3.63, 3.8) is 0 Å². The monoisotopic (exact) mass is 338 g/mol. The fourth-order valence-corrected chi connectivity index (χ4v) is 2.53. The fourth-order valence-electron chi connectivity index (χ4n) is 2.21. The number of hydrogen-bond donors (Lipinski definition) is 1. The molecule has 0 atom stereocenters. The van der Waals surface area contributed by atoms with Gasteiger partial charge in [0.2, 0.25) is 0 Å². The number of carbonyl (C=O) groups is 1. The smallest absolute Gasteiger partial charge is 0.267 e. The molecular formula is C18H15ClN4O. The first-order valence-corrected chi connectivity index (χ1v) is 7.73. The predicted octanol–water partition coefficient (Wildman–Crippen LogP) is 3.60. The van der Waals surface area contributed by atoms with E-state index >= 15 is 0 Å². The normalized spacial score (nSPS) is 10.9. The van der Waals surface area contributed by atoms with Crippen LogP contribution in [0.4, 0.5) is 0 Å². The zero-order chi connectivity index (χ0) is 16.9. The van der Waals surface area contributed by atoms with Crippen LogP contribution in [0, 0.1) is 6.92 Å². The first-order valence-electron chi connectivity index (χ1n) is 7.36. The zero-order valence-electron chi connectivity index (χ0n) is 13.0. The van der Waals surface area contributed by atoms with Crippen LogP contribution in [0.25, 0.3) is 5.69 Å². The first-order chi connectivity index (χ1) is 11.7. The summed E-state index contributed by atoms with van der Waals surface area (Å²) in [6.07, 6.45) is 1.50. The van der Waals surface area contributed by atoms with Crippen LogP contribution in [0.1, 0.15) is 21.6 Å². The Bertz CT molecular complexity index is 873. The minimum absolute atomic E-state index is 0.281. The van der Waals surface area contributed by atoms with E-state index in [0.29, 0.717) is 16.3 Å². The Kier molecular flexibility index (Phi) is 4.72. The summed E-state index contributed by atoms with van der Waals surface area (Å²) in [5.41, 5.74) is 5.27. The molecular weight excluding hydrogens is 324 g/mol. The number of rotatable bonds is 4. The minimum Gasteiger partial charge on any atom is -0.267 e. The summed E-state index contributed by atoms with van der Waals surface area (Å²) in [5.74, 6) is -0.281. The Morgan fingerprint density at radius 2 is 1.75 bits per heavy atom. The highest BCUT2D eigenvalue weighted by Gasteiger charge is 2.13. The molecule has 3 aromatic rings. The van der Waals surface area contributed by atoms with E-state index in [0.717, 1.165) is 11.4 Å². The number of hydrazone groups is 1.